The first-order valence-electron chi connectivity index (χ1n) is 7.73. The molecule has 0 aliphatic heterocycles. The Labute approximate surface area is 130 Å². The molecule has 116 valence electrons. The van der Waals surface area contributed by atoms with Crippen LogP contribution in [0, 0.1) is 19.8 Å². The molecule has 5 nitrogen and oxygen atoms in total. The molecule has 22 heavy (non-hydrogen) atoms. The second-order valence-corrected chi connectivity index (χ2v) is 6.00. The molecule has 1 amide bonds. The third kappa shape index (κ3) is 2.76. The number of hydrogen-bond donors (Lipinski definition) is 2. The first-order chi connectivity index (χ1) is 10.6. The summed E-state index contributed by atoms with van der Waals surface area (Å²) < 4.78 is 1.82. The van der Waals surface area contributed by atoms with Gasteiger partial charge in [-0.25, -0.2) is 4.68 Å². The standard InChI is InChI=1S/C17H22N4O/c1-11-5-3-4-6-16(11)21-12(2)14(10-19-21)17(22)20-15(9-18)13-7-8-13/h3-6,10,13,15H,7-9,18H2,1-2H3,(H,20,22). The van der Waals surface area contributed by atoms with E-state index in [0.717, 1.165) is 29.8 Å². The minimum Gasteiger partial charge on any atom is -0.348 e. The zero-order valence-corrected chi connectivity index (χ0v) is 13.0. The number of hydrogen-bond acceptors (Lipinski definition) is 3. The number of nitrogens with two attached hydrogens (primary N) is 1. The van der Waals surface area contributed by atoms with Crippen molar-refractivity contribution >= 4 is 5.91 Å². The van der Waals surface area contributed by atoms with Crippen molar-refractivity contribution in [2.75, 3.05) is 6.54 Å². The van der Waals surface area contributed by atoms with E-state index in [-0.39, 0.29) is 11.9 Å². The van der Waals surface area contributed by atoms with Crippen LogP contribution in [0.4, 0.5) is 0 Å². The van der Waals surface area contributed by atoms with Gasteiger partial charge in [-0.15, -0.1) is 0 Å². The van der Waals surface area contributed by atoms with Gasteiger partial charge in [0.15, 0.2) is 0 Å². The summed E-state index contributed by atoms with van der Waals surface area (Å²) in [6, 6.07) is 8.08. The molecule has 1 unspecified atom stereocenters. The number of para-hydroxylation sites is 1. The fraction of sp³-hybridized carbons (Fsp3) is 0.412. The summed E-state index contributed by atoms with van der Waals surface area (Å²) in [5.41, 5.74) is 9.34. The first-order valence-corrected chi connectivity index (χ1v) is 7.73. The van der Waals surface area contributed by atoms with Gasteiger partial charge in [0.05, 0.1) is 23.1 Å². The van der Waals surface area contributed by atoms with Gasteiger partial charge in [0, 0.05) is 12.6 Å². The lowest BCUT2D eigenvalue weighted by atomic mass is 10.1. The van der Waals surface area contributed by atoms with E-state index in [1.165, 1.54) is 0 Å². The van der Waals surface area contributed by atoms with E-state index >= 15 is 0 Å². The topological polar surface area (TPSA) is 72.9 Å². The molecule has 0 bridgehead atoms. The van der Waals surface area contributed by atoms with Crippen LogP contribution < -0.4 is 11.1 Å². The molecule has 1 aliphatic carbocycles. The van der Waals surface area contributed by atoms with E-state index in [2.05, 4.69) is 10.4 Å². The molecule has 0 radical (unpaired) electrons. The number of nitrogens with zero attached hydrogens (tertiary/aromatic N) is 2. The van der Waals surface area contributed by atoms with Crippen LogP contribution in [0.15, 0.2) is 30.5 Å². The van der Waals surface area contributed by atoms with E-state index in [0.29, 0.717) is 18.0 Å². The fourth-order valence-electron chi connectivity index (χ4n) is 2.79. The molecule has 3 rings (SSSR count). The second kappa shape index (κ2) is 5.93. The van der Waals surface area contributed by atoms with Crippen molar-refractivity contribution in [2.24, 2.45) is 11.7 Å². The highest BCUT2D eigenvalue weighted by molar-refractivity contribution is 5.95. The summed E-state index contributed by atoms with van der Waals surface area (Å²) >= 11 is 0. The van der Waals surface area contributed by atoms with Gasteiger partial charge in [-0.05, 0) is 44.2 Å². The maximum absolute atomic E-state index is 12.5. The predicted octanol–water partition coefficient (Wildman–Crippen LogP) is 1.96. The zero-order chi connectivity index (χ0) is 15.7. The smallest absolute Gasteiger partial charge is 0.255 e. The average Bonchev–Trinajstić information content (AvgIpc) is 3.28. The minimum atomic E-state index is -0.0836. The highest BCUT2D eigenvalue weighted by Crippen LogP contribution is 2.32. The SMILES string of the molecule is Cc1ccccc1-n1ncc(C(=O)NC(CN)C2CC2)c1C. The third-order valence-electron chi connectivity index (χ3n) is 4.36. The lowest BCUT2D eigenvalue weighted by molar-refractivity contribution is 0.0933. The summed E-state index contributed by atoms with van der Waals surface area (Å²) in [5, 5.41) is 7.43. The Morgan fingerprint density at radius 3 is 2.77 bits per heavy atom. The van der Waals surface area contributed by atoms with Gasteiger partial charge in [0.1, 0.15) is 0 Å². The van der Waals surface area contributed by atoms with Gasteiger partial charge in [-0.3, -0.25) is 4.79 Å². The molecule has 1 aliphatic rings. The van der Waals surface area contributed by atoms with Crippen LogP contribution in [0.2, 0.25) is 0 Å². The Hall–Kier alpha value is -2.14. The van der Waals surface area contributed by atoms with Crippen LogP contribution in [0.25, 0.3) is 5.69 Å². The molecule has 0 saturated heterocycles. The Bertz CT molecular complexity index is 688. The van der Waals surface area contributed by atoms with E-state index < -0.39 is 0 Å². The van der Waals surface area contributed by atoms with Gasteiger partial charge < -0.3 is 11.1 Å². The van der Waals surface area contributed by atoms with Crippen molar-refractivity contribution in [3.63, 3.8) is 0 Å². The maximum atomic E-state index is 12.5. The quantitative estimate of drug-likeness (QED) is 0.886. The third-order valence-corrected chi connectivity index (χ3v) is 4.36. The van der Waals surface area contributed by atoms with E-state index in [4.69, 9.17) is 5.73 Å². The number of rotatable bonds is 5. The van der Waals surface area contributed by atoms with Crippen molar-refractivity contribution < 1.29 is 4.79 Å². The van der Waals surface area contributed by atoms with Gasteiger partial charge in [0.2, 0.25) is 0 Å². The molecule has 1 aromatic carbocycles. The monoisotopic (exact) mass is 298 g/mol. The molecule has 1 aromatic heterocycles. The van der Waals surface area contributed by atoms with Gasteiger partial charge in [-0.1, -0.05) is 18.2 Å². The summed E-state index contributed by atoms with van der Waals surface area (Å²) in [7, 11) is 0. The van der Waals surface area contributed by atoms with Crippen LogP contribution >= 0.6 is 0 Å². The molecule has 3 N–H and O–H groups in total. The highest BCUT2D eigenvalue weighted by Gasteiger charge is 2.32. The van der Waals surface area contributed by atoms with Crippen molar-refractivity contribution in [3.8, 4) is 5.69 Å². The summed E-state index contributed by atoms with van der Waals surface area (Å²) in [5.74, 6) is 0.459. The maximum Gasteiger partial charge on any atom is 0.255 e. The molecule has 1 saturated carbocycles. The number of carbonyl (C=O) groups excluding carboxylic acids is 1. The second-order valence-electron chi connectivity index (χ2n) is 6.00. The molecular formula is C17H22N4O. The summed E-state index contributed by atoms with van der Waals surface area (Å²) in [6.07, 6.45) is 3.95. The predicted molar refractivity (Wildman–Crippen MR) is 86.1 cm³/mol. The van der Waals surface area contributed by atoms with Gasteiger partial charge in [0.25, 0.3) is 5.91 Å². The van der Waals surface area contributed by atoms with Crippen LogP contribution in [-0.4, -0.2) is 28.3 Å². The molecular weight excluding hydrogens is 276 g/mol. The Morgan fingerprint density at radius 1 is 1.41 bits per heavy atom. The Kier molecular flexibility index (Phi) is 3.98. The lowest BCUT2D eigenvalue weighted by Gasteiger charge is -2.15. The van der Waals surface area contributed by atoms with Crippen molar-refractivity contribution in [1.82, 2.24) is 15.1 Å². The lowest BCUT2D eigenvalue weighted by Crippen LogP contribution is -2.41. The average molecular weight is 298 g/mol. The molecule has 0 spiro atoms. The highest BCUT2D eigenvalue weighted by atomic mass is 16.1. The van der Waals surface area contributed by atoms with Crippen LogP contribution in [0.3, 0.4) is 0 Å². The molecule has 1 atom stereocenters. The first kappa shape index (κ1) is 14.8. The number of aryl methyl sites for hydroxylation is 1. The number of carbonyl (C=O) groups is 1. The van der Waals surface area contributed by atoms with E-state index in [1.54, 1.807) is 6.20 Å². The van der Waals surface area contributed by atoms with Crippen LogP contribution in [0.1, 0.15) is 34.5 Å². The van der Waals surface area contributed by atoms with Crippen molar-refractivity contribution in [1.29, 1.82) is 0 Å². The Balaban J connectivity index is 1.84. The van der Waals surface area contributed by atoms with Crippen molar-refractivity contribution in [2.45, 2.75) is 32.7 Å². The molecule has 5 heteroatoms. The molecule has 1 heterocycles. The van der Waals surface area contributed by atoms with Crippen molar-refractivity contribution in [3.05, 3.63) is 47.3 Å². The largest absolute Gasteiger partial charge is 0.348 e. The fourth-order valence-corrected chi connectivity index (χ4v) is 2.79. The number of amides is 1. The number of benzene rings is 1. The molecule has 2 aromatic rings. The Morgan fingerprint density at radius 2 is 2.14 bits per heavy atom. The minimum absolute atomic E-state index is 0.0775. The van der Waals surface area contributed by atoms with Crippen LogP contribution in [-0.2, 0) is 0 Å². The molecule has 1 fully saturated rings. The summed E-state index contributed by atoms with van der Waals surface area (Å²) in [4.78, 5) is 12.5. The number of aromatic nitrogens is 2. The number of nitrogens with one attached hydrogen (secondary N) is 1. The zero-order valence-electron chi connectivity index (χ0n) is 13.0. The van der Waals surface area contributed by atoms with Crippen LogP contribution in [0.5, 0.6) is 0 Å². The van der Waals surface area contributed by atoms with E-state index in [1.807, 2.05) is 42.8 Å². The summed E-state index contributed by atoms with van der Waals surface area (Å²) in [6.45, 7) is 4.44. The van der Waals surface area contributed by atoms with E-state index in [9.17, 15) is 4.79 Å². The van der Waals surface area contributed by atoms with Gasteiger partial charge in [-0.2, -0.15) is 5.10 Å². The van der Waals surface area contributed by atoms with Gasteiger partial charge >= 0.3 is 0 Å². The normalized spacial score (nSPS) is 15.6.